The quantitative estimate of drug-likeness (QED) is 0.0317. The third kappa shape index (κ3) is 20.9. The number of thiol groups is 2. The number of rotatable bonds is 29. The van der Waals surface area contributed by atoms with Gasteiger partial charge in [-0.05, 0) is 50.5 Å². The number of carbonyl (C=O) groups excluding carboxylic acids is 9. The summed E-state index contributed by atoms with van der Waals surface area (Å²) in [6, 6.07) is -11.8. The van der Waals surface area contributed by atoms with E-state index in [4.69, 9.17) is 11.5 Å². The highest BCUT2D eigenvalue weighted by atomic mass is 32.2. The van der Waals surface area contributed by atoms with Gasteiger partial charge >= 0.3 is 5.97 Å². The third-order valence-corrected chi connectivity index (χ3v) is 10.5. The Labute approximate surface area is 370 Å². The molecule has 0 aromatic rings. The SMILES string of the molecule is CC[C@H](C)[C@H](NC(=O)[C@H](CCSC)NC(=O)[C@H](CC(C)C)NC(=O)[C@H](C)NC(=O)[C@@H](N)CS)C(=O)N[C@@H](C)C(=O)N[C@@H](CC(N)=O)C(=O)N[C@@H](CO)C(=O)N[C@@H](CS)C(=O)O. The molecule has 25 heteroatoms. The molecule has 14 N–H and O–H groups in total. The van der Waals surface area contributed by atoms with Gasteiger partial charge in [-0.1, -0.05) is 34.1 Å². The van der Waals surface area contributed by atoms with E-state index in [9.17, 15) is 58.2 Å². The third-order valence-electron chi connectivity index (χ3n) is 9.07. The van der Waals surface area contributed by atoms with Crippen molar-refractivity contribution in [2.24, 2.45) is 23.3 Å². The van der Waals surface area contributed by atoms with Crippen molar-refractivity contribution in [2.75, 3.05) is 30.1 Å². The summed E-state index contributed by atoms with van der Waals surface area (Å²) in [5.74, 6) is -9.70. The Balaban J connectivity index is 6.09. The monoisotopic (exact) mass is 924 g/mol. The van der Waals surface area contributed by atoms with E-state index >= 15 is 0 Å². The van der Waals surface area contributed by atoms with Gasteiger partial charge in [0.25, 0.3) is 0 Å². The second-order valence-corrected chi connectivity index (χ2v) is 16.4. The molecule has 0 saturated carbocycles. The van der Waals surface area contributed by atoms with Crippen molar-refractivity contribution in [3.05, 3.63) is 0 Å². The van der Waals surface area contributed by atoms with Crippen molar-refractivity contribution in [3.63, 3.8) is 0 Å². The zero-order chi connectivity index (χ0) is 47.1. The number of amides is 9. The van der Waals surface area contributed by atoms with Crippen LogP contribution in [0.3, 0.4) is 0 Å². The molecule has 348 valence electrons. The van der Waals surface area contributed by atoms with E-state index in [1.165, 1.54) is 25.6 Å². The largest absolute Gasteiger partial charge is 0.480 e. The lowest BCUT2D eigenvalue weighted by Crippen LogP contribution is -2.61. The van der Waals surface area contributed by atoms with Gasteiger partial charge < -0.3 is 64.2 Å². The van der Waals surface area contributed by atoms with E-state index in [-0.39, 0.29) is 30.3 Å². The van der Waals surface area contributed by atoms with Gasteiger partial charge in [-0.25, -0.2) is 4.79 Å². The molecule has 9 amide bonds. The van der Waals surface area contributed by atoms with Gasteiger partial charge in [0, 0.05) is 11.5 Å². The van der Waals surface area contributed by atoms with Crippen LogP contribution in [0.2, 0.25) is 0 Å². The Morgan fingerprint density at radius 3 is 1.52 bits per heavy atom. The smallest absolute Gasteiger partial charge is 0.327 e. The molecular formula is C36H64N10O12S3. The fraction of sp³-hybridized carbons (Fsp3) is 0.722. The van der Waals surface area contributed by atoms with Crippen LogP contribution >= 0.6 is 37.0 Å². The van der Waals surface area contributed by atoms with E-state index in [0.717, 1.165) is 0 Å². The maximum absolute atomic E-state index is 13.8. The minimum absolute atomic E-state index is 0.0418. The van der Waals surface area contributed by atoms with E-state index in [0.29, 0.717) is 12.2 Å². The molecule has 0 fully saturated rings. The molecule has 0 aromatic carbocycles. The number of aliphatic carboxylic acids is 1. The first-order valence-corrected chi connectivity index (χ1v) is 22.1. The van der Waals surface area contributed by atoms with Crippen LogP contribution in [0.4, 0.5) is 0 Å². The summed E-state index contributed by atoms with van der Waals surface area (Å²) in [4.78, 5) is 128. The van der Waals surface area contributed by atoms with Gasteiger partial charge in [0.05, 0.1) is 19.1 Å². The lowest BCUT2D eigenvalue weighted by Gasteiger charge is -2.29. The molecule has 61 heavy (non-hydrogen) atoms. The predicted octanol–water partition coefficient (Wildman–Crippen LogP) is -4.11. The number of aliphatic hydroxyl groups is 1. The van der Waals surface area contributed by atoms with Gasteiger partial charge in [-0.2, -0.15) is 37.0 Å². The molecule has 0 heterocycles. The molecule has 0 saturated heterocycles. The van der Waals surface area contributed by atoms with Gasteiger partial charge in [0.2, 0.25) is 53.2 Å². The Kier molecular flexibility index (Phi) is 27.0. The first kappa shape index (κ1) is 56.7. The molecule has 0 aliphatic carbocycles. The van der Waals surface area contributed by atoms with Crippen molar-refractivity contribution >= 4 is 96.2 Å². The normalized spacial score (nSPS) is 16.0. The van der Waals surface area contributed by atoms with Gasteiger partial charge in [0.1, 0.15) is 48.3 Å². The van der Waals surface area contributed by atoms with Crippen LogP contribution in [0.25, 0.3) is 0 Å². The summed E-state index contributed by atoms with van der Waals surface area (Å²) >= 11 is 9.21. The summed E-state index contributed by atoms with van der Waals surface area (Å²) in [5, 5.41) is 38.2. The highest BCUT2D eigenvalue weighted by molar-refractivity contribution is 7.98. The predicted molar refractivity (Wildman–Crippen MR) is 233 cm³/mol. The van der Waals surface area contributed by atoms with Crippen LogP contribution in [-0.4, -0.2) is 154 Å². The van der Waals surface area contributed by atoms with E-state index < -0.39 is 132 Å². The summed E-state index contributed by atoms with van der Waals surface area (Å²) < 4.78 is 0. The standard InChI is InChI=1S/C36H64N10O12S3/c1-8-17(4)27(35(56)40-19(6)29(50)43-23(12-26(38)48)33(54)44-24(13-47)34(55)45-25(15-60)36(57)58)46-31(52)21(9-10-61-7)41-32(53)22(11-16(2)3)42-28(49)18(5)39-30(51)20(37)14-59/h16-25,27,47,59-60H,8-15,37H2,1-7H3,(H2,38,48)(H,39,51)(H,40,56)(H,41,53)(H,42,49)(H,43,50)(H,44,54)(H,45,55)(H,46,52)(H,57,58)/t17-,18-,19-,20-,21-,22-,23-,24-,25-,27-/m0/s1. The van der Waals surface area contributed by atoms with E-state index in [1.54, 1.807) is 20.1 Å². The molecular weight excluding hydrogens is 861 g/mol. The zero-order valence-corrected chi connectivity index (χ0v) is 38.0. The molecule has 10 atom stereocenters. The number of hydrogen-bond donors (Lipinski definition) is 14. The molecule has 0 rings (SSSR count). The summed E-state index contributed by atoms with van der Waals surface area (Å²) in [6.45, 7) is 8.74. The Morgan fingerprint density at radius 1 is 0.607 bits per heavy atom. The lowest BCUT2D eigenvalue weighted by molar-refractivity contribution is -0.142. The number of carbonyl (C=O) groups is 10. The van der Waals surface area contributed by atoms with E-state index in [1.807, 2.05) is 13.8 Å². The first-order chi connectivity index (χ1) is 28.5. The van der Waals surface area contributed by atoms with Crippen LogP contribution < -0.4 is 54.0 Å². The second-order valence-electron chi connectivity index (χ2n) is 14.7. The fourth-order valence-electron chi connectivity index (χ4n) is 5.20. The molecule has 0 aromatic heterocycles. The lowest BCUT2D eigenvalue weighted by atomic mass is 9.97. The number of aliphatic hydroxyl groups excluding tert-OH is 1. The van der Waals surface area contributed by atoms with Crippen molar-refractivity contribution in [1.82, 2.24) is 42.5 Å². The number of nitrogens with one attached hydrogen (secondary N) is 8. The maximum atomic E-state index is 13.8. The summed E-state index contributed by atoms with van der Waals surface area (Å²) in [7, 11) is 0. The minimum Gasteiger partial charge on any atom is -0.480 e. The van der Waals surface area contributed by atoms with Crippen LogP contribution in [0.1, 0.15) is 67.2 Å². The van der Waals surface area contributed by atoms with E-state index in [2.05, 4.69) is 67.8 Å². The average Bonchev–Trinajstić information content (AvgIpc) is 3.19. The van der Waals surface area contributed by atoms with Gasteiger partial charge in [-0.3, -0.25) is 43.2 Å². The van der Waals surface area contributed by atoms with Gasteiger partial charge in [0.15, 0.2) is 0 Å². The van der Waals surface area contributed by atoms with Crippen LogP contribution in [0, 0.1) is 11.8 Å². The van der Waals surface area contributed by atoms with Gasteiger partial charge in [-0.15, -0.1) is 0 Å². The minimum atomic E-state index is -1.71. The Morgan fingerprint density at radius 2 is 1.07 bits per heavy atom. The molecule has 22 nitrogen and oxygen atoms in total. The maximum Gasteiger partial charge on any atom is 0.327 e. The highest BCUT2D eigenvalue weighted by Gasteiger charge is 2.35. The van der Waals surface area contributed by atoms with Crippen molar-refractivity contribution < 1.29 is 58.2 Å². The number of primary amides is 1. The average molecular weight is 925 g/mol. The first-order valence-electron chi connectivity index (χ1n) is 19.5. The molecule has 0 bridgehead atoms. The Hall–Kier alpha value is -4.33. The summed E-state index contributed by atoms with van der Waals surface area (Å²) in [5.41, 5.74) is 11.0. The molecule has 0 unspecified atom stereocenters. The van der Waals surface area contributed by atoms with Crippen LogP contribution in [-0.2, 0) is 47.9 Å². The van der Waals surface area contributed by atoms with Crippen LogP contribution in [0.5, 0.6) is 0 Å². The number of carboxylic acid groups (broad SMARTS) is 1. The molecule has 0 radical (unpaired) electrons. The van der Waals surface area contributed by atoms with Crippen molar-refractivity contribution in [3.8, 4) is 0 Å². The Bertz CT molecular complexity index is 1540. The van der Waals surface area contributed by atoms with Crippen molar-refractivity contribution in [2.45, 2.75) is 122 Å². The zero-order valence-electron chi connectivity index (χ0n) is 35.4. The highest BCUT2D eigenvalue weighted by Crippen LogP contribution is 2.12. The molecule has 0 aliphatic rings. The molecule has 0 spiro atoms. The van der Waals surface area contributed by atoms with Crippen LogP contribution in [0.15, 0.2) is 0 Å². The number of carboxylic acids is 1. The number of nitrogens with two attached hydrogens (primary N) is 2. The van der Waals surface area contributed by atoms with Crippen molar-refractivity contribution in [1.29, 1.82) is 0 Å². The number of hydrogen-bond acceptors (Lipinski definition) is 15. The summed E-state index contributed by atoms with van der Waals surface area (Å²) in [6.07, 6.45) is 1.69. The second kappa shape index (κ2) is 29.1. The number of thioether (sulfide) groups is 1. The molecule has 0 aliphatic heterocycles. The topological polar surface area (TPSA) is 359 Å². The fourth-order valence-corrected chi connectivity index (χ4v) is 6.09.